The van der Waals surface area contributed by atoms with Gasteiger partial charge < -0.3 is 30.3 Å². The third-order valence-electron chi connectivity index (χ3n) is 8.73. The van der Waals surface area contributed by atoms with E-state index in [1.54, 1.807) is 29.2 Å². The van der Waals surface area contributed by atoms with E-state index < -0.39 is 17.7 Å². The Morgan fingerprint density at radius 2 is 1.67 bits per heavy atom. The van der Waals surface area contributed by atoms with Gasteiger partial charge in [0.1, 0.15) is 23.1 Å². The third-order valence-corrected chi connectivity index (χ3v) is 8.73. The predicted octanol–water partition coefficient (Wildman–Crippen LogP) is 3.67. The van der Waals surface area contributed by atoms with Gasteiger partial charge in [0.05, 0.1) is 6.10 Å². The van der Waals surface area contributed by atoms with E-state index in [0.29, 0.717) is 56.1 Å². The number of hydrogen-bond donors (Lipinski definition) is 3. The molecule has 4 rings (SSSR count). The van der Waals surface area contributed by atoms with Crippen molar-refractivity contribution in [1.82, 2.24) is 25.3 Å². The van der Waals surface area contributed by atoms with Gasteiger partial charge in [-0.2, -0.15) is 0 Å². The quantitative estimate of drug-likeness (QED) is 0.305. The topological polar surface area (TPSA) is 114 Å². The molecule has 10 nitrogen and oxygen atoms in total. The Labute approximate surface area is 273 Å². The van der Waals surface area contributed by atoms with Gasteiger partial charge in [-0.1, -0.05) is 39.3 Å². The van der Waals surface area contributed by atoms with Gasteiger partial charge in [0.25, 0.3) is 5.91 Å². The lowest BCUT2D eigenvalue weighted by molar-refractivity contribution is -0.165. The molecule has 2 aromatic carbocycles. The first-order chi connectivity index (χ1) is 21.0. The second-order valence-corrected chi connectivity index (χ2v) is 12.7. The number of amides is 3. The van der Waals surface area contributed by atoms with Crippen LogP contribution in [-0.2, 0) is 16.1 Å². The van der Waals surface area contributed by atoms with Crippen LogP contribution in [0.5, 0.6) is 11.5 Å². The number of carbonyl (C=O) groups excluding carboxylic acids is 3. The van der Waals surface area contributed by atoms with Crippen molar-refractivity contribution in [2.45, 2.75) is 70.7 Å². The third kappa shape index (κ3) is 8.97. The van der Waals surface area contributed by atoms with Crippen LogP contribution in [0.2, 0.25) is 0 Å². The number of piperidine rings is 1. The minimum Gasteiger partial charge on any atom is -0.457 e. The van der Waals surface area contributed by atoms with E-state index in [2.05, 4.69) is 22.5 Å². The van der Waals surface area contributed by atoms with Gasteiger partial charge >= 0.3 is 0 Å². The molecule has 11 heteroatoms. The summed E-state index contributed by atoms with van der Waals surface area (Å²) in [6.07, 6.45) is 1.95. The molecule has 2 atom stereocenters. The number of piperazine rings is 1. The second-order valence-electron chi connectivity index (χ2n) is 12.7. The monoisotopic (exact) mass is 643 g/mol. The average Bonchev–Trinajstić information content (AvgIpc) is 3.00. The molecule has 2 saturated heterocycles. The summed E-state index contributed by atoms with van der Waals surface area (Å²) in [6, 6.07) is 14.1. The Hall–Kier alpha value is -3.18. The molecule has 0 aromatic heterocycles. The summed E-state index contributed by atoms with van der Waals surface area (Å²) in [6.45, 7) is 9.79. The number of nitrogens with zero attached hydrogens (tertiary/aromatic N) is 3. The van der Waals surface area contributed by atoms with Crippen molar-refractivity contribution >= 4 is 30.1 Å². The van der Waals surface area contributed by atoms with E-state index in [0.717, 1.165) is 31.5 Å². The maximum atomic E-state index is 13.5. The van der Waals surface area contributed by atoms with E-state index in [1.807, 2.05) is 57.1 Å². The molecule has 0 bridgehead atoms. The highest BCUT2D eigenvalue weighted by molar-refractivity contribution is 6.00. The zero-order valence-corrected chi connectivity index (χ0v) is 28.1. The van der Waals surface area contributed by atoms with E-state index in [4.69, 9.17) is 4.74 Å². The van der Waals surface area contributed by atoms with Crippen LogP contribution in [0.15, 0.2) is 48.5 Å². The van der Waals surface area contributed by atoms with Crippen molar-refractivity contribution in [2.75, 3.05) is 46.8 Å². The second kappa shape index (κ2) is 16.4. The molecule has 3 amide bonds. The number of rotatable bonds is 13. The van der Waals surface area contributed by atoms with Crippen LogP contribution in [-0.4, -0.2) is 102 Å². The van der Waals surface area contributed by atoms with Crippen molar-refractivity contribution < 1.29 is 24.2 Å². The summed E-state index contributed by atoms with van der Waals surface area (Å²) in [5.74, 6) is 0.807. The number of hydrogen-bond acceptors (Lipinski definition) is 7. The molecule has 2 fully saturated rings. The van der Waals surface area contributed by atoms with Crippen molar-refractivity contribution in [1.29, 1.82) is 0 Å². The highest BCUT2D eigenvalue weighted by Gasteiger charge is 2.54. The molecule has 1 spiro atoms. The van der Waals surface area contributed by atoms with Gasteiger partial charge in [0, 0.05) is 44.8 Å². The number of unbranched alkanes of at least 4 members (excludes halogenated alkanes) is 1. The van der Waals surface area contributed by atoms with Crippen molar-refractivity contribution in [3.05, 3.63) is 59.7 Å². The maximum Gasteiger partial charge on any atom is 0.251 e. The number of likely N-dealkylation sites (N-methyl/N-ethyl adjacent to an activating group) is 1. The Morgan fingerprint density at radius 1 is 1.07 bits per heavy atom. The van der Waals surface area contributed by atoms with Crippen molar-refractivity contribution in [3.63, 3.8) is 0 Å². The maximum absolute atomic E-state index is 13.5. The van der Waals surface area contributed by atoms with E-state index in [9.17, 15) is 19.5 Å². The minimum atomic E-state index is -0.913. The predicted molar refractivity (Wildman–Crippen MR) is 178 cm³/mol. The fourth-order valence-electron chi connectivity index (χ4n) is 5.90. The first kappa shape index (κ1) is 36.3. The molecule has 3 N–H and O–H groups in total. The van der Waals surface area contributed by atoms with E-state index >= 15 is 0 Å². The molecular weight excluding hydrogens is 594 g/mol. The number of ether oxygens (including phenoxy) is 1. The van der Waals surface area contributed by atoms with Crippen LogP contribution >= 0.6 is 12.4 Å². The lowest BCUT2D eigenvalue weighted by Gasteiger charge is -2.52. The summed E-state index contributed by atoms with van der Waals surface area (Å²) >= 11 is 0. The number of nitrogens with one attached hydrogen (secondary N) is 2. The molecule has 2 aliphatic rings. The van der Waals surface area contributed by atoms with Crippen LogP contribution in [0.3, 0.4) is 0 Å². The van der Waals surface area contributed by atoms with Gasteiger partial charge in [0.15, 0.2) is 0 Å². The lowest BCUT2D eigenvalue weighted by atomic mass is 9.80. The molecular formula is C34H50ClN5O5. The summed E-state index contributed by atoms with van der Waals surface area (Å²) in [4.78, 5) is 45.5. The lowest BCUT2D eigenvalue weighted by Crippen LogP contribution is -2.74. The molecule has 248 valence electrons. The fourth-order valence-corrected chi connectivity index (χ4v) is 5.90. The molecule has 0 saturated carbocycles. The first-order valence-electron chi connectivity index (χ1n) is 15.9. The normalized spacial score (nSPS) is 18.9. The summed E-state index contributed by atoms with van der Waals surface area (Å²) in [5, 5.41) is 16.5. The highest BCUT2D eigenvalue weighted by atomic mass is 35.5. The molecule has 45 heavy (non-hydrogen) atoms. The van der Waals surface area contributed by atoms with Crippen LogP contribution in [0.1, 0.15) is 62.4 Å². The fraction of sp³-hybridized carbons (Fsp3) is 0.559. The number of carbonyl (C=O) groups is 3. The van der Waals surface area contributed by atoms with Gasteiger partial charge in [-0.3, -0.25) is 19.3 Å². The summed E-state index contributed by atoms with van der Waals surface area (Å²) < 4.78 is 6.00. The molecule has 2 aliphatic heterocycles. The van der Waals surface area contributed by atoms with E-state index in [1.165, 1.54) is 0 Å². The molecule has 0 radical (unpaired) electrons. The summed E-state index contributed by atoms with van der Waals surface area (Å²) in [5.41, 5.74) is 0.854. The molecule has 0 aliphatic carbocycles. The van der Waals surface area contributed by atoms with Gasteiger partial charge in [-0.15, -0.1) is 12.4 Å². The first-order valence-corrected chi connectivity index (χ1v) is 15.9. The van der Waals surface area contributed by atoms with E-state index in [-0.39, 0.29) is 36.0 Å². The average molecular weight is 644 g/mol. The molecule has 0 unspecified atom stereocenters. The van der Waals surface area contributed by atoms with Gasteiger partial charge in [-0.25, -0.2) is 0 Å². The van der Waals surface area contributed by atoms with Gasteiger partial charge in [0.2, 0.25) is 11.8 Å². The smallest absolute Gasteiger partial charge is 0.251 e. The number of aliphatic hydroxyl groups excluding tert-OH is 1. The Morgan fingerprint density at radius 3 is 2.22 bits per heavy atom. The SMILES string of the molecule is CCCCN1C(=O)[C@@H]([C@H](O)C(C)C)NC(=O)C12CCN(Cc1ccc(Oc3ccc(C(=O)NCCN(C)C)cc3)cc1)CC2.Cl. The zero-order chi connectivity index (χ0) is 31.9. The number of likely N-dealkylation sites (tertiary alicyclic amines) is 1. The van der Waals surface area contributed by atoms with Crippen molar-refractivity contribution in [3.8, 4) is 11.5 Å². The Balaban J connectivity index is 0.00000552. The van der Waals surface area contributed by atoms with Crippen molar-refractivity contribution in [2.24, 2.45) is 5.92 Å². The number of halogens is 1. The standard InChI is InChI=1S/C34H49N5O5.ClH/c1-6-7-19-39-32(42)29(30(40)24(2)3)36-33(43)34(39)16-20-38(21-17-34)23-25-8-12-27(13-9-25)44-28-14-10-26(11-15-28)31(41)35-18-22-37(4)5;/h8-15,24,29-30,40H,6-7,16-23H2,1-5H3,(H,35,41)(H,36,43);1H/t29-,30-;/m1./s1. The Kier molecular flexibility index (Phi) is 13.2. The zero-order valence-electron chi connectivity index (χ0n) is 27.3. The molecule has 2 aromatic rings. The largest absolute Gasteiger partial charge is 0.457 e. The van der Waals surface area contributed by atoms with Crippen LogP contribution < -0.4 is 15.4 Å². The minimum absolute atomic E-state index is 0. The van der Waals surface area contributed by atoms with Crippen LogP contribution in [0, 0.1) is 5.92 Å². The van der Waals surface area contributed by atoms with Gasteiger partial charge in [-0.05, 0) is 81.2 Å². The highest BCUT2D eigenvalue weighted by Crippen LogP contribution is 2.35. The number of aliphatic hydroxyl groups is 1. The summed E-state index contributed by atoms with van der Waals surface area (Å²) in [7, 11) is 3.93. The Bertz CT molecular complexity index is 1260. The van der Waals surface area contributed by atoms with Crippen LogP contribution in [0.25, 0.3) is 0 Å². The number of benzene rings is 2. The molecule has 2 heterocycles. The van der Waals surface area contributed by atoms with Crippen LogP contribution in [0.4, 0.5) is 0 Å².